The molecule has 8 aromatic carbocycles. The zero-order valence-electron chi connectivity index (χ0n) is 34.1. The number of thiophene rings is 1. The average molecular weight is 677 g/mol. The number of nitrogens with zero attached hydrogens (tertiary/aromatic N) is 1. The maximum Gasteiger partial charge on any atom is 0.136 e. The fraction of sp³-hybridized carbons (Fsp3) is 0. The van der Waals surface area contributed by atoms with Crippen LogP contribution < -0.4 is 4.90 Å². The SMILES string of the molecule is [2H]c1c([2H])c([2H])c2c(oc3c([2H])c(-c4ccc(N(c5ccc(-c6ccccc6)cc5)c5ccc(-c6ccccc6)c6c5sc5ccccc56)cc4)c([2H])c([2H])c32)c1[2H]. The summed E-state index contributed by atoms with van der Waals surface area (Å²) >= 11 is 1.75. The minimum atomic E-state index is -0.460. The molecule has 0 aliphatic rings. The van der Waals surface area contributed by atoms with Gasteiger partial charge in [-0.3, -0.25) is 0 Å². The van der Waals surface area contributed by atoms with E-state index in [-0.39, 0.29) is 57.7 Å². The lowest BCUT2D eigenvalue weighted by Gasteiger charge is -2.27. The van der Waals surface area contributed by atoms with Crippen molar-refractivity contribution < 1.29 is 14.0 Å². The minimum absolute atomic E-state index is 0.00894. The third-order valence-electron chi connectivity index (χ3n) is 9.36. The minimum Gasteiger partial charge on any atom is -0.456 e. The Bertz CT molecular complexity index is 3240. The number of rotatable bonds is 6. The number of hydrogen-bond donors (Lipinski definition) is 0. The first-order chi connectivity index (χ1) is 28.2. The molecular formula is C48H31NOS. The van der Waals surface area contributed by atoms with Crippen LogP contribution in [0.25, 0.3) is 75.5 Å². The van der Waals surface area contributed by atoms with Gasteiger partial charge in [0.2, 0.25) is 0 Å². The summed E-state index contributed by atoms with van der Waals surface area (Å²) in [6.45, 7) is 0. The molecule has 0 amide bonds. The molecule has 0 saturated heterocycles. The van der Waals surface area contributed by atoms with E-state index in [9.17, 15) is 1.37 Å². The van der Waals surface area contributed by atoms with Gasteiger partial charge in [0.25, 0.3) is 0 Å². The van der Waals surface area contributed by atoms with Crippen molar-refractivity contribution in [3.8, 4) is 33.4 Å². The van der Waals surface area contributed by atoms with Gasteiger partial charge >= 0.3 is 0 Å². The van der Waals surface area contributed by atoms with E-state index in [2.05, 4.69) is 102 Å². The van der Waals surface area contributed by atoms with Crippen LogP contribution in [0.4, 0.5) is 17.1 Å². The first kappa shape index (κ1) is 23.1. The second-order valence-electron chi connectivity index (χ2n) is 12.4. The number of fused-ring (bicyclic) bond motifs is 6. The van der Waals surface area contributed by atoms with Crippen molar-refractivity contribution in [2.45, 2.75) is 0 Å². The molecule has 3 heteroatoms. The van der Waals surface area contributed by atoms with Gasteiger partial charge in [0, 0.05) is 37.6 Å². The predicted octanol–water partition coefficient (Wildman–Crippen LogP) is 14.4. The van der Waals surface area contributed by atoms with Crippen LogP contribution in [0.2, 0.25) is 0 Å². The second kappa shape index (κ2) is 12.2. The van der Waals surface area contributed by atoms with E-state index >= 15 is 0 Å². The molecule has 0 aliphatic heterocycles. The summed E-state index contributed by atoms with van der Waals surface area (Å²) in [5.41, 5.74) is 7.81. The zero-order valence-corrected chi connectivity index (χ0v) is 27.9. The highest BCUT2D eigenvalue weighted by atomic mass is 32.1. The van der Waals surface area contributed by atoms with E-state index in [1.165, 1.54) is 15.5 Å². The van der Waals surface area contributed by atoms with E-state index in [0.717, 1.165) is 44.0 Å². The Hall–Kier alpha value is -6.42. The smallest absolute Gasteiger partial charge is 0.136 e. The quantitative estimate of drug-likeness (QED) is 0.174. The molecule has 10 aromatic rings. The van der Waals surface area contributed by atoms with Crippen LogP contribution in [0, 0.1) is 0 Å². The summed E-state index contributed by atoms with van der Waals surface area (Å²) < 4.78 is 68.8. The lowest BCUT2D eigenvalue weighted by atomic mass is 9.98. The number of anilines is 3. The molecule has 0 fully saturated rings. The molecular weight excluding hydrogens is 639 g/mol. The molecule has 2 aromatic heterocycles. The Morgan fingerprint density at radius 3 is 1.82 bits per heavy atom. The van der Waals surface area contributed by atoms with E-state index in [0.29, 0.717) is 5.56 Å². The highest BCUT2D eigenvalue weighted by Crippen LogP contribution is 2.48. The van der Waals surface area contributed by atoms with Gasteiger partial charge in [-0.15, -0.1) is 11.3 Å². The Kier molecular flexibility index (Phi) is 5.50. The van der Waals surface area contributed by atoms with Gasteiger partial charge in [0.1, 0.15) is 11.2 Å². The lowest BCUT2D eigenvalue weighted by Crippen LogP contribution is -2.10. The first-order valence-electron chi connectivity index (χ1n) is 20.2. The number of para-hydroxylation sites is 1. The largest absolute Gasteiger partial charge is 0.456 e. The molecule has 0 aliphatic carbocycles. The topological polar surface area (TPSA) is 16.4 Å². The predicted molar refractivity (Wildman–Crippen MR) is 218 cm³/mol. The third kappa shape index (κ3) is 5.10. The van der Waals surface area contributed by atoms with E-state index < -0.39 is 12.1 Å². The van der Waals surface area contributed by atoms with E-state index in [1.807, 2.05) is 48.5 Å². The van der Waals surface area contributed by atoms with Gasteiger partial charge < -0.3 is 9.32 Å². The molecule has 10 rings (SSSR count). The van der Waals surface area contributed by atoms with Crippen LogP contribution in [0.3, 0.4) is 0 Å². The molecule has 0 radical (unpaired) electrons. The van der Waals surface area contributed by atoms with Crippen LogP contribution >= 0.6 is 11.3 Å². The Morgan fingerprint density at radius 2 is 1.08 bits per heavy atom. The van der Waals surface area contributed by atoms with Crippen molar-refractivity contribution in [3.63, 3.8) is 0 Å². The molecule has 0 saturated carbocycles. The fourth-order valence-electron chi connectivity index (χ4n) is 6.93. The molecule has 0 N–H and O–H groups in total. The van der Waals surface area contributed by atoms with Gasteiger partial charge in [-0.05, 0) is 87.9 Å². The van der Waals surface area contributed by atoms with Crippen molar-refractivity contribution in [1.82, 2.24) is 0 Å². The van der Waals surface area contributed by atoms with Gasteiger partial charge in [0.15, 0.2) is 0 Å². The summed E-state index contributed by atoms with van der Waals surface area (Å²) in [5, 5.41) is 2.40. The van der Waals surface area contributed by atoms with Gasteiger partial charge in [-0.2, -0.15) is 0 Å². The molecule has 0 bridgehead atoms. The maximum absolute atomic E-state index is 9.21. The summed E-state index contributed by atoms with van der Waals surface area (Å²) in [7, 11) is 0. The highest BCUT2D eigenvalue weighted by molar-refractivity contribution is 7.26. The van der Waals surface area contributed by atoms with Crippen LogP contribution in [-0.4, -0.2) is 0 Å². The number of furan rings is 1. The summed E-state index contributed by atoms with van der Waals surface area (Å²) in [4.78, 5) is 2.23. The molecule has 2 nitrogen and oxygen atoms in total. The van der Waals surface area contributed by atoms with Crippen molar-refractivity contribution >= 4 is 70.5 Å². The summed E-state index contributed by atoms with van der Waals surface area (Å²) in [5.74, 6) is 0. The molecule has 51 heavy (non-hydrogen) atoms. The van der Waals surface area contributed by atoms with Gasteiger partial charge in [-0.1, -0.05) is 133 Å². The van der Waals surface area contributed by atoms with Crippen LogP contribution in [-0.2, 0) is 0 Å². The van der Waals surface area contributed by atoms with Gasteiger partial charge in [0.05, 0.1) is 20.0 Å². The van der Waals surface area contributed by atoms with E-state index in [4.69, 9.17) is 12.6 Å². The Morgan fingerprint density at radius 1 is 0.471 bits per heavy atom. The monoisotopic (exact) mass is 676 g/mol. The number of benzene rings is 8. The Labute approximate surface area is 309 Å². The first-order valence-corrected chi connectivity index (χ1v) is 17.5. The van der Waals surface area contributed by atoms with Crippen molar-refractivity contribution in [1.29, 1.82) is 0 Å². The highest BCUT2D eigenvalue weighted by Gasteiger charge is 2.21. The second-order valence-corrected chi connectivity index (χ2v) is 13.4. The number of hydrogen-bond acceptors (Lipinski definition) is 3. The fourth-order valence-corrected chi connectivity index (χ4v) is 8.16. The zero-order chi connectivity index (χ0) is 39.8. The molecule has 2 heterocycles. The van der Waals surface area contributed by atoms with Crippen molar-refractivity contribution in [2.24, 2.45) is 0 Å². The summed E-state index contributed by atoms with van der Waals surface area (Å²) in [6, 6.07) is 47.4. The summed E-state index contributed by atoms with van der Waals surface area (Å²) in [6.07, 6.45) is 0. The van der Waals surface area contributed by atoms with Crippen LogP contribution in [0.5, 0.6) is 0 Å². The van der Waals surface area contributed by atoms with Crippen molar-refractivity contribution in [3.05, 3.63) is 188 Å². The van der Waals surface area contributed by atoms with Crippen molar-refractivity contribution in [2.75, 3.05) is 4.90 Å². The normalized spacial score (nSPS) is 13.5. The Balaban J connectivity index is 1.16. The molecule has 240 valence electrons. The lowest BCUT2D eigenvalue weighted by molar-refractivity contribution is 0.669. The maximum atomic E-state index is 9.21. The van der Waals surface area contributed by atoms with Gasteiger partial charge in [-0.25, -0.2) is 0 Å². The molecule has 0 unspecified atom stereocenters. The average Bonchev–Trinajstić information content (AvgIpc) is 3.87. The third-order valence-corrected chi connectivity index (χ3v) is 10.6. The van der Waals surface area contributed by atoms with E-state index in [1.54, 1.807) is 11.3 Å². The molecule has 0 spiro atoms. The molecule has 0 atom stereocenters. The standard InChI is InChI=1S/C48H31NOS/c1-3-11-32(12-4-1)33-19-24-37(25-20-33)49(38-26-21-34(22-27-38)36-23-28-41-40-15-7-9-17-44(40)50-45(41)31-36)43-30-29-39(35-13-5-2-6-14-35)47-42-16-8-10-18-46(42)51-48(43)47/h1-31H/i7D,9D,15D,17D,23D,28D,31D. The van der Waals surface area contributed by atoms with Crippen LogP contribution in [0.15, 0.2) is 192 Å². The van der Waals surface area contributed by atoms with Crippen LogP contribution in [0.1, 0.15) is 9.60 Å².